The number of hydrogen-bond donors (Lipinski definition) is 2. The zero-order valence-corrected chi connectivity index (χ0v) is 15.1. The van der Waals surface area contributed by atoms with Gasteiger partial charge in [0.15, 0.2) is 5.78 Å². The predicted octanol–water partition coefficient (Wildman–Crippen LogP) is 3.49. The van der Waals surface area contributed by atoms with E-state index in [-0.39, 0.29) is 29.3 Å². The molecule has 0 aliphatic heterocycles. The molecule has 0 aromatic rings. The molecule has 0 heterocycles. The molecule has 0 aromatic heterocycles. The minimum Gasteiger partial charge on any atom is -0.396 e. The molecule has 4 aliphatic carbocycles. The monoisotopic (exact) mass is 332 g/mol. The van der Waals surface area contributed by atoms with Gasteiger partial charge in [-0.15, -0.1) is 0 Å². The van der Waals surface area contributed by atoms with Gasteiger partial charge in [-0.1, -0.05) is 19.4 Å². The fourth-order valence-electron chi connectivity index (χ4n) is 7.42. The van der Waals surface area contributed by atoms with Crippen molar-refractivity contribution in [2.75, 3.05) is 6.61 Å². The lowest BCUT2D eigenvalue weighted by Gasteiger charge is -2.60. The summed E-state index contributed by atoms with van der Waals surface area (Å²) < 4.78 is 0. The van der Waals surface area contributed by atoms with Crippen molar-refractivity contribution in [3.8, 4) is 0 Å². The molecule has 3 fully saturated rings. The second kappa shape index (κ2) is 5.67. The lowest BCUT2D eigenvalue weighted by molar-refractivity contribution is -0.134. The maximum atomic E-state index is 11.9. The van der Waals surface area contributed by atoms with Crippen LogP contribution in [0.1, 0.15) is 65.2 Å². The molecule has 1 unspecified atom stereocenters. The summed E-state index contributed by atoms with van der Waals surface area (Å²) in [5.41, 5.74) is 1.52. The molecule has 0 aromatic carbocycles. The maximum absolute atomic E-state index is 11.9. The smallest absolute Gasteiger partial charge is 0.155 e. The van der Waals surface area contributed by atoms with E-state index in [1.807, 2.05) is 6.08 Å². The fourth-order valence-corrected chi connectivity index (χ4v) is 7.42. The van der Waals surface area contributed by atoms with Gasteiger partial charge in [0.1, 0.15) is 0 Å². The normalized spacial score (nSPS) is 50.8. The van der Waals surface area contributed by atoms with Crippen LogP contribution in [0.5, 0.6) is 0 Å². The zero-order chi connectivity index (χ0) is 17.1. The van der Waals surface area contributed by atoms with E-state index in [4.69, 9.17) is 0 Å². The highest BCUT2D eigenvalue weighted by Gasteiger charge is 2.61. The molecule has 24 heavy (non-hydrogen) atoms. The van der Waals surface area contributed by atoms with Gasteiger partial charge < -0.3 is 10.2 Å². The SMILES string of the molecule is C[C@]12CC(O)[C@H]3[C@@H](CCC4=CC(=O)CC[C@@]43C)[C@@H]1CC[C@@H]2CCO. The molecular formula is C21H32O3. The second-order valence-corrected chi connectivity index (χ2v) is 9.45. The van der Waals surface area contributed by atoms with Crippen molar-refractivity contribution in [3.63, 3.8) is 0 Å². The molecule has 3 nitrogen and oxygen atoms in total. The van der Waals surface area contributed by atoms with Crippen molar-refractivity contribution >= 4 is 5.78 Å². The Morgan fingerprint density at radius 1 is 1.21 bits per heavy atom. The summed E-state index contributed by atoms with van der Waals surface area (Å²) in [5, 5.41) is 20.6. The van der Waals surface area contributed by atoms with Gasteiger partial charge in [-0.05, 0) is 85.5 Å². The molecular weight excluding hydrogens is 300 g/mol. The number of carbonyl (C=O) groups is 1. The number of rotatable bonds is 2. The molecule has 134 valence electrons. The number of fused-ring (bicyclic) bond motifs is 5. The van der Waals surface area contributed by atoms with Crippen LogP contribution >= 0.6 is 0 Å². The van der Waals surface area contributed by atoms with Crippen LogP contribution in [0, 0.1) is 34.5 Å². The number of hydrogen-bond acceptors (Lipinski definition) is 3. The van der Waals surface area contributed by atoms with Crippen LogP contribution in [0.4, 0.5) is 0 Å². The Labute approximate surface area is 145 Å². The summed E-state index contributed by atoms with van der Waals surface area (Å²) in [6, 6.07) is 0. The fraction of sp³-hybridized carbons (Fsp3) is 0.857. The predicted molar refractivity (Wildman–Crippen MR) is 93.3 cm³/mol. The number of ketones is 1. The molecule has 4 rings (SSSR count). The van der Waals surface area contributed by atoms with Crippen LogP contribution in [-0.2, 0) is 4.79 Å². The van der Waals surface area contributed by atoms with Crippen LogP contribution in [0.15, 0.2) is 11.6 Å². The van der Waals surface area contributed by atoms with E-state index in [1.54, 1.807) is 0 Å². The van der Waals surface area contributed by atoms with Crippen LogP contribution < -0.4 is 0 Å². The van der Waals surface area contributed by atoms with Crippen LogP contribution in [0.25, 0.3) is 0 Å². The third-order valence-corrected chi connectivity index (χ3v) is 8.57. The van der Waals surface area contributed by atoms with E-state index < -0.39 is 0 Å². The average molecular weight is 332 g/mol. The Hall–Kier alpha value is -0.670. The number of aliphatic hydroxyl groups is 2. The van der Waals surface area contributed by atoms with E-state index >= 15 is 0 Å². The molecule has 4 aliphatic rings. The van der Waals surface area contributed by atoms with Gasteiger partial charge in [0.05, 0.1) is 6.10 Å². The van der Waals surface area contributed by atoms with E-state index in [1.165, 1.54) is 18.4 Å². The van der Waals surface area contributed by atoms with E-state index in [2.05, 4.69) is 13.8 Å². The standard InChI is InChI=1S/C21H32O3/c1-20-9-7-15(23)11-14(20)3-5-16-17-6-4-13(8-10-22)21(17,2)12-18(24)19(16)20/h11,13,16-19,22,24H,3-10,12H2,1-2H3/t13-,16+,17+,18?,19-,20+,21-/m1/s1. The molecule has 3 saturated carbocycles. The Balaban J connectivity index is 1.68. The lowest BCUT2D eigenvalue weighted by atomic mass is 9.46. The second-order valence-electron chi connectivity index (χ2n) is 9.45. The highest BCUT2D eigenvalue weighted by Crippen LogP contribution is 2.66. The summed E-state index contributed by atoms with van der Waals surface area (Å²) in [6.45, 7) is 4.96. The Kier molecular flexibility index (Phi) is 3.96. The first-order valence-corrected chi connectivity index (χ1v) is 9.93. The van der Waals surface area contributed by atoms with Gasteiger partial charge in [-0.25, -0.2) is 0 Å². The van der Waals surface area contributed by atoms with E-state index in [9.17, 15) is 15.0 Å². The van der Waals surface area contributed by atoms with Crippen molar-refractivity contribution in [1.29, 1.82) is 0 Å². The first-order chi connectivity index (χ1) is 11.4. The van der Waals surface area contributed by atoms with Gasteiger partial charge in [0, 0.05) is 13.0 Å². The quantitative estimate of drug-likeness (QED) is 0.814. The van der Waals surface area contributed by atoms with E-state index in [0.717, 1.165) is 32.1 Å². The summed E-state index contributed by atoms with van der Waals surface area (Å²) in [7, 11) is 0. The van der Waals surface area contributed by atoms with Crippen molar-refractivity contribution < 1.29 is 15.0 Å². The van der Waals surface area contributed by atoms with Crippen molar-refractivity contribution in [3.05, 3.63) is 11.6 Å². The van der Waals surface area contributed by atoms with Crippen molar-refractivity contribution in [2.24, 2.45) is 34.5 Å². The molecule has 0 amide bonds. The zero-order valence-electron chi connectivity index (χ0n) is 15.1. The average Bonchev–Trinajstić information content (AvgIpc) is 2.84. The Morgan fingerprint density at radius 2 is 2.00 bits per heavy atom. The first kappa shape index (κ1) is 16.8. The molecule has 3 heteroatoms. The minimum absolute atomic E-state index is 0.0205. The van der Waals surface area contributed by atoms with Crippen LogP contribution in [0.2, 0.25) is 0 Å². The Bertz CT molecular complexity index is 567. The maximum Gasteiger partial charge on any atom is 0.155 e. The topological polar surface area (TPSA) is 57.5 Å². The summed E-state index contributed by atoms with van der Waals surface area (Å²) >= 11 is 0. The third-order valence-electron chi connectivity index (χ3n) is 8.57. The van der Waals surface area contributed by atoms with Gasteiger partial charge in [-0.2, -0.15) is 0 Å². The number of allylic oxidation sites excluding steroid dienone is 1. The Morgan fingerprint density at radius 3 is 2.75 bits per heavy atom. The number of aliphatic hydroxyl groups excluding tert-OH is 2. The van der Waals surface area contributed by atoms with E-state index in [0.29, 0.717) is 30.1 Å². The largest absolute Gasteiger partial charge is 0.396 e. The molecule has 7 atom stereocenters. The summed E-state index contributed by atoms with van der Waals surface area (Å²) in [6.07, 6.45) is 9.58. The molecule has 0 radical (unpaired) electrons. The first-order valence-electron chi connectivity index (χ1n) is 9.93. The van der Waals surface area contributed by atoms with Crippen LogP contribution in [-0.4, -0.2) is 28.7 Å². The van der Waals surface area contributed by atoms with Gasteiger partial charge in [-0.3, -0.25) is 4.79 Å². The minimum atomic E-state index is -0.266. The highest BCUT2D eigenvalue weighted by atomic mass is 16.3. The van der Waals surface area contributed by atoms with Crippen molar-refractivity contribution in [2.45, 2.75) is 71.3 Å². The highest BCUT2D eigenvalue weighted by molar-refractivity contribution is 5.91. The van der Waals surface area contributed by atoms with Crippen molar-refractivity contribution in [1.82, 2.24) is 0 Å². The molecule has 0 spiro atoms. The van der Waals surface area contributed by atoms with Gasteiger partial charge in [0.2, 0.25) is 0 Å². The van der Waals surface area contributed by atoms with Gasteiger partial charge in [0.25, 0.3) is 0 Å². The lowest BCUT2D eigenvalue weighted by Crippen LogP contribution is -2.56. The third kappa shape index (κ3) is 2.20. The molecule has 0 saturated heterocycles. The number of carbonyl (C=O) groups excluding carboxylic acids is 1. The van der Waals surface area contributed by atoms with Gasteiger partial charge >= 0.3 is 0 Å². The summed E-state index contributed by atoms with van der Waals surface area (Å²) in [4.78, 5) is 11.9. The molecule has 2 N–H and O–H groups in total. The molecule has 0 bridgehead atoms. The van der Waals surface area contributed by atoms with Crippen LogP contribution in [0.3, 0.4) is 0 Å². The summed E-state index contributed by atoms with van der Waals surface area (Å²) in [5.74, 6) is 2.41.